The molecule has 1 N–H and O–H groups in total. The summed E-state index contributed by atoms with van der Waals surface area (Å²) in [6.45, 7) is 3.40. The molecule has 9 heteroatoms. The van der Waals surface area contributed by atoms with E-state index >= 15 is 0 Å². The van der Waals surface area contributed by atoms with Crippen molar-refractivity contribution >= 4 is 50.7 Å². The highest BCUT2D eigenvalue weighted by Gasteiger charge is 2.23. The van der Waals surface area contributed by atoms with Crippen molar-refractivity contribution in [2.24, 2.45) is 0 Å². The molecule has 7 nitrogen and oxygen atoms in total. The standard InChI is InChI=1S/C28H22ClN3O4S/c1-17-22-16-25(37-27(22)32(31-17)24-11-7-6-10-23(24)29)28(34)35-18(2)26(33)30-19-12-14-21(15-13-19)36-20-8-4-3-5-9-20/h3-16,18H,1-2H3,(H,30,33). The molecule has 5 rings (SSSR count). The van der Waals surface area contributed by atoms with E-state index in [1.165, 1.54) is 18.3 Å². The lowest BCUT2D eigenvalue weighted by Gasteiger charge is -2.13. The zero-order valence-corrected chi connectivity index (χ0v) is 21.5. The molecule has 1 amide bonds. The molecular weight excluding hydrogens is 510 g/mol. The number of rotatable bonds is 7. The van der Waals surface area contributed by atoms with Gasteiger partial charge >= 0.3 is 5.97 Å². The van der Waals surface area contributed by atoms with Gasteiger partial charge < -0.3 is 14.8 Å². The molecule has 37 heavy (non-hydrogen) atoms. The molecule has 0 spiro atoms. The summed E-state index contributed by atoms with van der Waals surface area (Å²) in [6, 6.07) is 25.4. The van der Waals surface area contributed by atoms with Crippen LogP contribution < -0.4 is 10.1 Å². The third-order valence-corrected chi connectivity index (χ3v) is 6.99. The second-order valence-corrected chi connectivity index (χ2v) is 9.69. The van der Waals surface area contributed by atoms with Crippen LogP contribution in [0.1, 0.15) is 22.3 Å². The van der Waals surface area contributed by atoms with Crippen LogP contribution in [0.3, 0.4) is 0 Å². The zero-order valence-electron chi connectivity index (χ0n) is 20.0. The minimum absolute atomic E-state index is 0.373. The molecule has 0 aliphatic heterocycles. The normalized spacial score (nSPS) is 11.8. The van der Waals surface area contributed by atoms with Gasteiger partial charge in [-0.25, -0.2) is 9.48 Å². The predicted octanol–water partition coefficient (Wildman–Crippen LogP) is 7.03. The Morgan fingerprint density at radius 3 is 2.38 bits per heavy atom. The first-order valence-electron chi connectivity index (χ1n) is 11.5. The number of amides is 1. The Balaban J connectivity index is 1.24. The lowest BCUT2D eigenvalue weighted by molar-refractivity contribution is -0.123. The van der Waals surface area contributed by atoms with Crippen LogP contribution in [0.5, 0.6) is 11.5 Å². The molecule has 0 fully saturated rings. The number of halogens is 1. The number of hydrogen-bond acceptors (Lipinski definition) is 6. The van der Waals surface area contributed by atoms with Gasteiger partial charge in [-0.15, -0.1) is 11.3 Å². The number of ether oxygens (including phenoxy) is 2. The number of anilines is 1. The summed E-state index contributed by atoms with van der Waals surface area (Å²) in [7, 11) is 0. The highest BCUT2D eigenvalue weighted by atomic mass is 35.5. The fourth-order valence-electron chi connectivity index (χ4n) is 3.68. The van der Waals surface area contributed by atoms with E-state index in [-0.39, 0.29) is 0 Å². The first kappa shape index (κ1) is 24.5. The van der Waals surface area contributed by atoms with Gasteiger partial charge in [-0.3, -0.25) is 4.79 Å². The lowest BCUT2D eigenvalue weighted by atomic mass is 10.2. The Bertz CT molecular complexity index is 1580. The Morgan fingerprint density at radius 2 is 1.65 bits per heavy atom. The van der Waals surface area contributed by atoms with Crippen LogP contribution in [0.4, 0.5) is 5.69 Å². The van der Waals surface area contributed by atoms with E-state index in [1.807, 2.05) is 55.5 Å². The van der Waals surface area contributed by atoms with Crippen molar-refractivity contribution in [1.29, 1.82) is 0 Å². The number of carbonyl (C=O) groups excluding carboxylic acids is 2. The van der Waals surface area contributed by atoms with Crippen molar-refractivity contribution in [3.63, 3.8) is 0 Å². The minimum Gasteiger partial charge on any atom is -0.457 e. The summed E-state index contributed by atoms with van der Waals surface area (Å²) in [5.74, 6) is 0.333. The molecule has 3 aromatic carbocycles. The number of benzene rings is 3. The van der Waals surface area contributed by atoms with E-state index < -0.39 is 18.0 Å². The van der Waals surface area contributed by atoms with Crippen molar-refractivity contribution < 1.29 is 19.1 Å². The van der Waals surface area contributed by atoms with Crippen molar-refractivity contribution in [3.8, 4) is 17.2 Å². The van der Waals surface area contributed by atoms with Crippen molar-refractivity contribution in [3.05, 3.63) is 101 Å². The largest absolute Gasteiger partial charge is 0.457 e. The maximum Gasteiger partial charge on any atom is 0.349 e. The Morgan fingerprint density at radius 1 is 0.973 bits per heavy atom. The molecule has 1 atom stereocenters. The Kier molecular flexibility index (Phi) is 6.94. The highest BCUT2D eigenvalue weighted by Crippen LogP contribution is 2.33. The molecule has 0 bridgehead atoms. The molecule has 2 heterocycles. The number of nitrogens with one attached hydrogen (secondary N) is 1. The van der Waals surface area contributed by atoms with Gasteiger partial charge in [0.05, 0.1) is 16.4 Å². The molecule has 0 radical (unpaired) electrons. The summed E-state index contributed by atoms with van der Waals surface area (Å²) in [5, 5.41) is 8.70. The number of aryl methyl sites for hydroxylation is 1. The molecule has 0 saturated heterocycles. The van der Waals surface area contributed by atoms with Crippen molar-refractivity contribution in [2.75, 3.05) is 5.32 Å². The smallest absolute Gasteiger partial charge is 0.349 e. The van der Waals surface area contributed by atoms with Crippen LogP contribution in [0.15, 0.2) is 84.9 Å². The average Bonchev–Trinajstić information content (AvgIpc) is 3.47. The van der Waals surface area contributed by atoms with Crippen molar-refractivity contribution in [1.82, 2.24) is 9.78 Å². The number of hydrogen-bond donors (Lipinski definition) is 1. The van der Waals surface area contributed by atoms with Gasteiger partial charge in [0.15, 0.2) is 6.10 Å². The number of carbonyl (C=O) groups is 2. The van der Waals surface area contributed by atoms with E-state index in [1.54, 1.807) is 41.1 Å². The summed E-state index contributed by atoms with van der Waals surface area (Å²) in [4.78, 5) is 26.7. The first-order chi connectivity index (χ1) is 17.9. The van der Waals surface area contributed by atoms with Crippen LogP contribution in [0.25, 0.3) is 15.9 Å². The SMILES string of the molecule is Cc1nn(-c2ccccc2Cl)c2sc(C(=O)OC(C)C(=O)Nc3ccc(Oc4ccccc4)cc3)cc12. The van der Waals surface area contributed by atoms with Crippen molar-refractivity contribution in [2.45, 2.75) is 20.0 Å². The monoisotopic (exact) mass is 531 g/mol. The molecule has 0 aliphatic carbocycles. The summed E-state index contributed by atoms with van der Waals surface area (Å²) >= 11 is 7.59. The molecular formula is C28H22ClN3O4S. The topological polar surface area (TPSA) is 82.5 Å². The van der Waals surface area contributed by atoms with Gasteiger partial charge in [0.2, 0.25) is 0 Å². The van der Waals surface area contributed by atoms with Crippen LogP contribution in [-0.2, 0) is 9.53 Å². The number of esters is 1. The average molecular weight is 532 g/mol. The lowest BCUT2D eigenvalue weighted by Crippen LogP contribution is -2.29. The van der Waals surface area contributed by atoms with Crippen LogP contribution in [0.2, 0.25) is 5.02 Å². The molecule has 2 aromatic heterocycles. The summed E-state index contributed by atoms with van der Waals surface area (Å²) in [6.07, 6.45) is -1.00. The van der Waals surface area contributed by atoms with Crippen LogP contribution in [-0.4, -0.2) is 27.8 Å². The van der Waals surface area contributed by atoms with E-state index in [4.69, 9.17) is 21.1 Å². The van der Waals surface area contributed by atoms with Gasteiger partial charge in [-0.05, 0) is 68.4 Å². The summed E-state index contributed by atoms with van der Waals surface area (Å²) in [5.41, 5.74) is 2.04. The Hall–Kier alpha value is -4.14. The molecule has 5 aromatic rings. The van der Waals surface area contributed by atoms with Crippen LogP contribution in [0, 0.1) is 6.92 Å². The minimum atomic E-state index is -1.00. The van der Waals surface area contributed by atoms with E-state index in [0.29, 0.717) is 21.3 Å². The highest BCUT2D eigenvalue weighted by molar-refractivity contribution is 7.20. The third kappa shape index (κ3) is 5.35. The second-order valence-electron chi connectivity index (χ2n) is 8.25. The van der Waals surface area contributed by atoms with E-state index in [9.17, 15) is 9.59 Å². The van der Waals surface area contributed by atoms with E-state index in [2.05, 4.69) is 10.4 Å². The third-order valence-electron chi connectivity index (χ3n) is 5.58. The van der Waals surface area contributed by atoms with E-state index in [0.717, 1.165) is 27.3 Å². The number of para-hydroxylation sites is 2. The van der Waals surface area contributed by atoms with Gasteiger partial charge in [0.1, 0.15) is 21.2 Å². The first-order valence-corrected chi connectivity index (χ1v) is 12.7. The zero-order chi connectivity index (χ0) is 25.9. The number of aromatic nitrogens is 2. The van der Waals surface area contributed by atoms with Gasteiger partial charge in [-0.1, -0.05) is 41.9 Å². The quantitative estimate of drug-likeness (QED) is 0.228. The maximum atomic E-state index is 12.9. The number of nitrogens with zero attached hydrogens (tertiary/aromatic N) is 2. The van der Waals surface area contributed by atoms with Crippen LogP contribution >= 0.6 is 22.9 Å². The molecule has 186 valence electrons. The van der Waals surface area contributed by atoms with Gasteiger partial charge in [-0.2, -0.15) is 5.10 Å². The Labute approximate surface area is 222 Å². The fourth-order valence-corrected chi connectivity index (χ4v) is 4.96. The predicted molar refractivity (Wildman–Crippen MR) is 145 cm³/mol. The molecule has 1 unspecified atom stereocenters. The number of fused-ring (bicyclic) bond motifs is 1. The number of thiophene rings is 1. The van der Waals surface area contributed by atoms with Gasteiger partial charge in [0, 0.05) is 11.1 Å². The summed E-state index contributed by atoms with van der Waals surface area (Å²) < 4.78 is 12.9. The maximum absolute atomic E-state index is 12.9. The second kappa shape index (κ2) is 10.5. The fraction of sp³-hybridized carbons (Fsp3) is 0.107. The van der Waals surface area contributed by atoms with Gasteiger partial charge in [0.25, 0.3) is 5.91 Å². The molecule has 0 aliphatic rings. The molecule has 0 saturated carbocycles.